The molecule has 1 heterocycles. The van der Waals surface area contributed by atoms with Crippen LogP contribution in [0.15, 0.2) is 12.1 Å². The van der Waals surface area contributed by atoms with Gasteiger partial charge in [-0.25, -0.2) is 0 Å². The zero-order valence-corrected chi connectivity index (χ0v) is 15.1. The van der Waals surface area contributed by atoms with E-state index in [4.69, 9.17) is 26.8 Å². The Labute approximate surface area is 144 Å². The molecule has 22 heavy (non-hydrogen) atoms. The highest BCUT2D eigenvalue weighted by Crippen LogP contribution is 2.38. The Balaban J connectivity index is 0.00000242. The largest absolute Gasteiger partial charge is 0.489 e. The normalized spacial score (nSPS) is 14.5. The van der Waals surface area contributed by atoms with Crippen molar-refractivity contribution in [2.24, 2.45) is 11.1 Å². The number of hydrogen-bond donors (Lipinski definition) is 1. The van der Waals surface area contributed by atoms with E-state index in [2.05, 4.69) is 25.8 Å². The van der Waals surface area contributed by atoms with Crippen molar-refractivity contribution in [3.8, 4) is 11.5 Å². The van der Waals surface area contributed by atoms with E-state index >= 15 is 0 Å². The minimum atomic E-state index is 0. The molecule has 4 nitrogen and oxygen atoms in total. The molecule has 126 valence electrons. The molecule has 0 aliphatic carbocycles. The van der Waals surface area contributed by atoms with E-state index in [0.29, 0.717) is 30.5 Å². The molecule has 0 spiro atoms. The lowest BCUT2D eigenvalue weighted by molar-refractivity contribution is 0.209. The second-order valence-corrected chi connectivity index (χ2v) is 6.90. The number of nitrogens with two attached hydrogens (primary N) is 1. The molecule has 0 saturated heterocycles. The van der Waals surface area contributed by atoms with E-state index in [0.717, 1.165) is 30.8 Å². The van der Waals surface area contributed by atoms with E-state index in [1.165, 1.54) is 0 Å². The van der Waals surface area contributed by atoms with Gasteiger partial charge in [0.25, 0.3) is 0 Å². The first-order chi connectivity index (χ1) is 9.91. The van der Waals surface area contributed by atoms with Crippen molar-refractivity contribution in [3.63, 3.8) is 0 Å². The van der Waals surface area contributed by atoms with Gasteiger partial charge >= 0.3 is 0 Å². The van der Waals surface area contributed by atoms with Gasteiger partial charge in [-0.1, -0.05) is 25.4 Å². The third-order valence-electron chi connectivity index (χ3n) is 3.56. The molecule has 0 radical (unpaired) electrons. The van der Waals surface area contributed by atoms with Gasteiger partial charge in [0.05, 0.1) is 18.2 Å². The van der Waals surface area contributed by atoms with Crippen molar-refractivity contribution in [2.45, 2.75) is 26.8 Å². The summed E-state index contributed by atoms with van der Waals surface area (Å²) in [5.74, 6) is 1.42. The minimum absolute atomic E-state index is 0. The number of fused-ring (bicyclic) bond motifs is 1. The summed E-state index contributed by atoms with van der Waals surface area (Å²) in [4.78, 5) is 2.25. The predicted octanol–water partition coefficient (Wildman–Crippen LogP) is 3.34. The highest BCUT2D eigenvalue weighted by molar-refractivity contribution is 6.32. The maximum Gasteiger partial charge on any atom is 0.179 e. The summed E-state index contributed by atoms with van der Waals surface area (Å²) in [5, 5.41) is 0.621. The Morgan fingerprint density at radius 2 is 1.95 bits per heavy atom. The van der Waals surface area contributed by atoms with Gasteiger partial charge in [0, 0.05) is 19.5 Å². The summed E-state index contributed by atoms with van der Waals surface area (Å²) in [7, 11) is 2.09. The molecule has 0 saturated carbocycles. The predicted molar refractivity (Wildman–Crippen MR) is 93.5 cm³/mol. The maximum atomic E-state index is 6.32. The van der Waals surface area contributed by atoms with Crippen molar-refractivity contribution in [1.82, 2.24) is 4.90 Å². The van der Waals surface area contributed by atoms with Crippen molar-refractivity contribution in [3.05, 3.63) is 22.7 Å². The van der Waals surface area contributed by atoms with Crippen LogP contribution in [0.1, 0.15) is 25.8 Å². The van der Waals surface area contributed by atoms with Crippen LogP contribution in [0.5, 0.6) is 11.5 Å². The van der Waals surface area contributed by atoms with Crippen LogP contribution < -0.4 is 15.2 Å². The van der Waals surface area contributed by atoms with Crippen molar-refractivity contribution >= 4 is 24.0 Å². The highest BCUT2D eigenvalue weighted by Gasteiger charge is 2.20. The molecule has 6 heteroatoms. The molecule has 0 fully saturated rings. The van der Waals surface area contributed by atoms with Crippen LogP contribution in [0.3, 0.4) is 0 Å². The first kappa shape index (κ1) is 19.4. The summed E-state index contributed by atoms with van der Waals surface area (Å²) in [6, 6.07) is 3.99. The average molecular weight is 349 g/mol. The van der Waals surface area contributed by atoms with Crippen LogP contribution in [0, 0.1) is 5.41 Å². The summed E-state index contributed by atoms with van der Waals surface area (Å²) in [5.41, 5.74) is 7.02. The summed E-state index contributed by atoms with van der Waals surface area (Å²) < 4.78 is 11.4. The fraction of sp³-hybridized carbons (Fsp3) is 0.625. The van der Waals surface area contributed by atoms with Crippen LogP contribution in [-0.4, -0.2) is 38.3 Å². The molecule has 0 aromatic heterocycles. The van der Waals surface area contributed by atoms with Gasteiger partial charge in [-0.2, -0.15) is 0 Å². The second-order valence-electron chi connectivity index (χ2n) is 6.50. The number of nitrogens with zero attached hydrogens (tertiary/aromatic N) is 1. The SMILES string of the molecule is CN(Cc1cc(Cl)c2c(c1)OCCCO2)CC(C)(C)CN.Cl. The Hall–Kier alpha value is -0.680. The Morgan fingerprint density at radius 1 is 1.27 bits per heavy atom. The van der Waals surface area contributed by atoms with Gasteiger partial charge in [-0.05, 0) is 36.7 Å². The number of benzene rings is 1. The monoisotopic (exact) mass is 348 g/mol. The van der Waals surface area contributed by atoms with Crippen LogP contribution >= 0.6 is 24.0 Å². The zero-order chi connectivity index (χ0) is 15.5. The summed E-state index contributed by atoms with van der Waals surface area (Å²) >= 11 is 6.32. The van der Waals surface area contributed by atoms with Gasteiger partial charge in [0.15, 0.2) is 11.5 Å². The van der Waals surface area contributed by atoms with Crippen LogP contribution in [0.4, 0.5) is 0 Å². The van der Waals surface area contributed by atoms with E-state index in [1.54, 1.807) is 0 Å². The maximum absolute atomic E-state index is 6.32. The summed E-state index contributed by atoms with van der Waals surface area (Å²) in [6.07, 6.45) is 0.880. The molecule has 1 aromatic rings. The number of halogens is 2. The van der Waals surface area contributed by atoms with Crippen molar-refractivity contribution in [2.75, 3.05) is 33.4 Å². The Bertz CT molecular complexity index is 495. The molecule has 2 rings (SSSR count). The zero-order valence-electron chi connectivity index (χ0n) is 13.5. The van der Waals surface area contributed by atoms with Gasteiger partial charge in [-0.3, -0.25) is 0 Å². The molecular weight excluding hydrogens is 323 g/mol. The van der Waals surface area contributed by atoms with Crippen molar-refractivity contribution in [1.29, 1.82) is 0 Å². The van der Waals surface area contributed by atoms with Crippen LogP contribution in [0.2, 0.25) is 5.02 Å². The summed E-state index contributed by atoms with van der Waals surface area (Å²) in [6.45, 7) is 8.06. The molecular formula is C16H26Cl2N2O2. The smallest absolute Gasteiger partial charge is 0.179 e. The Morgan fingerprint density at radius 3 is 2.64 bits per heavy atom. The molecule has 1 aromatic carbocycles. The fourth-order valence-electron chi connectivity index (χ4n) is 2.54. The topological polar surface area (TPSA) is 47.7 Å². The Kier molecular flexibility index (Phi) is 7.26. The standard InChI is InChI=1S/C16H25ClN2O2.ClH/c1-16(2,10-18)11-19(3)9-12-7-13(17)15-14(8-12)20-5-4-6-21-15;/h7-8H,4-6,9-11,18H2,1-3H3;1H. The quantitative estimate of drug-likeness (QED) is 0.886. The number of ether oxygens (including phenoxy) is 2. The second kappa shape index (κ2) is 8.25. The molecule has 2 N–H and O–H groups in total. The molecule has 0 atom stereocenters. The lowest BCUT2D eigenvalue weighted by Gasteiger charge is -2.29. The van der Waals surface area contributed by atoms with E-state index in [9.17, 15) is 0 Å². The van der Waals surface area contributed by atoms with Gasteiger partial charge < -0.3 is 20.1 Å². The third kappa shape index (κ3) is 5.20. The number of rotatable bonds is 5. The molecule has 1 aliphatic heterocycles. The lowest BCUT2D eigenvalue weighted by atomic mass is 9.93. The van der Waals surface area contributed by atoms with E-state index < -0.39 is 0 Å². The first-order valence-corrected chi connectivity index (χ1v) is 7.76. The van der Waals surface area contributed by atoms with E-state index in [-0.39, 0.29) is 17.8 Å². The molecule has 1 aliphatic rings. The van der Waals surface area contributed by atoms with Gasteiger partial charge in [-0.15, -0.1) is 12.4 Å². The van der Waals surface area contributed by atoms with Crippen LogP contribution in [0.25, 0.3) is 0 Å². The average Bonchev–Trinajstić information content (AvgIpc) is 2.63. The van der Waals surface area contributed by atoms with Gasteiger partial charge in [0.1, 0.15) is 0 Å². The van der Waals surface area contributed by atoms with Crippen molar-refractivity contribution < 1.29 is 9.47 Å². The number of hydrogen-bond acceptors (Lipinski definition) is 4. The highest BCUT2D eigenvalue weighted by atomic mass is 35.5. The van der Waals surface area contributed by atoms with E-state index in [1.807, 2.05) is 12.1 Å². The third-order valence-corrected chi connectivity index (χ3v) is 3.85. The molecule has 0 bridgehead atoms. The molecule has 0 unspecified atom stereocenters. The minimum Gasteiger partial charge on any atom is -0.489 e. The molecule has 0 amide bonds. The first-order valence-electron chi connectivity index (χ1n) is 7.38. The lowest BCUT2D eigenvalue weighted by Crippen LogP contribution is -2.36. The fourth-order valence-corrected chi connectivity index (χ4v) is 2.83. The van der Waals surface area contributed by atoms with Crippen LogP contribution in [-0.2, 0) is 6.54 Å². The van der Waals surface area contributed by atoms with Gasteiger partial charge in [0.2, 0.25) is 0 Å².